The minimum atomic E-state index is -0.339. The fourth-order valence-electron chi connectivity index (χ4n) is 4.66. The van der Waals surface area contributed by atoms with Crippen LogP contribution in [-0.4, -0.2) is 41.3 Å². The highest BCUT2D eigenvalue weighted by molar-refractivity contribution is 5.93. The van der Waals surface area contributed by atoms with Crippen molar-refractivity contribution in [3.05, 3.63) is 65.6 Å². The van der Waals surface area contributed by atoms with E-state index in [2.05, 4.69) is 18.0 Å². The minimum Gasteiger partial charge on any atom is -0.361 e. The average Bonchev–Trinajstić information content (AvgIpc) is 3.29. The fraction of sp³-hybridized carbons (Fsp3) is 0.370. The standard InChI is InChI=1S/C27H30FN5O/c1-19(25-18-31-26-10-5-20(17-29)16-24(25)26)15-22(30)11-14-33(23-8-6-21(28)7-9-23)27(34)32-12-3-2-4-13-32/h5-10,16,18-19,30-31H,2-4,11-15H2,1H3. The van der Waals surface area contributed by atoms with Crippen molar-refractivity contribution in [1.82, 2.24) is 9.88 Å². The average molecular weight is 460 g/mol. The molecule has 0 bridgehead atoms. The topological polar surface area (TPSA) is 87.0 Å². The number of likely N-dealkylation sites (tertiary alicyclic amines) is 1. The van der Waals surface area contributed by atoms with Crippen molar-refractivity contribution in [3.8, 4) is 6.07 Å². The third kappa shape index (κ3) is 5.28. The van der Waals surface area contributed by atoms with E-state index in [0.717, 1.165) is 48.8 Å². The summed E-state index contributed by atoms with van der Waals surface area (Å²) in [6.07, 6.45) is 6.07. The molecule has 2 aromatic carbocycles. The van der Waals surface area contributed by atoms with Gasteiger partial charge in [-0.3, -0.25) is 4.90 Å². The van der Waals surface area contributed by atoms with Gasteiger partial charge < -0.3 is 15.3 Å². The Bertz CT molecular complexity index is 1200. The van der Waals surface area contributed by atoms with Crippen LogP contribution in [-0.2, 0) is 0 Å². The molecule has 2 amide bonds. The van der Waals surface area contributed by atoms with Gasteiger partial charge in [0.2, 0.25) is 0 Å². The van der Waals surface area contributed by atoms with E-state index in [1.54, 1.807) is 23.1 Å². The van der Waals surface area contributed by atoms with Gasteiger partial charge in [0.25, 0.3) is 0 Å². The van der Waals surface area contributed by atoms with Gasteiger partial charge in [0, 0.05) is 54.6 Å². The molecule has 1 aliphatic rings. The largest absolute Gasteiger partial charge is 0.361 e. The van der Waals surface area contributed by atoms with E-state index in [9.17, 15) is 14.4 Å². The van der Waals surface area contributed by atoms with Gasteiger partial charge in [0.15, 0.2) is 0 Å². The maximum Gasteiger partial charge on any atom is 0.324 e. The number of nitrogens with one attached hydrogen (secondary N) is 2. The van der Waals surface area contributed by atoms with Crippen LogP contribution in [0.4, 0.5) is 14.9 Å². The number of benzene rings is 2. The normalized spacial score (nSPS) is 14.6. The highest BCUT2D eigenvalue weighted by Gasteiger charge is 2.24. The number of piperidine rings is 1. The summed E-state index contributed by atoms with van der Waals surface area (Å²) in [5, 5.41) is 18.8. The Morgan fingerprint density at radius 1 is 1.21 bits per heavy atom. The van der Waals surface area contributed by atoms with Crippen molar-refractivity contribution in [2.24, 2.45) is 0 Å². The Morgan fingerprint density at radius 3 is 2.65 bits per heavy atom. The number of hydrogen-bond acceptors (Lipinski definition) is 3. The molecular weight excluding hydrogens is 429 g/mol. The molecule has 176 valence electrons. The lowest BCUT2D eigenvalue weighted by Crippen LogP contribution is -2.46. The molecule has 3 aromatic rings. The summed E-state index contributed by atoms with van der Waals surface area (Å²) in [5.41, 5.74) is 3.87. The van der Waals surface area contributed by atoms with Gasteiger partial charge in [0.1, 0.15) is 5.82 Å². The van der Waals surface area contributed by atoms with Gasteiger partial charge in [0.05, 0.1) is 11.6 Å². The number of aromatic amines is 1. The van der Waals surface area contributed by atoms with E-state index in [1.165, 1.54) is 12.1 Å². The predicted octanol–water partition coefficient (Wildman–Crippen LogP) is 6.19. The van der Waals surface area contributed by atoms with Gasteiger partial charge in [-0.15, -0.1) is 0 Å². The van der Waals surface area contributed by atoms with Gasteiger partial charge in [-0.25, -0.2) is 9.18 Å². The van der Waals surface area contributed by atoms with Gasteiger partial charge in [-0.2, -0.15) is 5.26 Å². The SMILES string of the molecule is CC(CC(=N)CCN(C(=O)N1CCCCC1)c1ccc(F)cc1)c1c[nH]c2ccc(C#N)cc12. The lowest BCUT2D eigenvalue weighted by atomic mass is 9.93. The molecule has 2 heterocycles. The van der Waals surface area contributed by atoms with E-state index in [0.29, 0.717) is 36.3 Å². The van der Waals surface area contributed by atoms with E-state index in [1.807, 2.05) is 23.2 Å². The smallest absolute Gasteiger partial charge is 0.324 e. The summed E-state index contributed by atoms with van der Waals surface area (Å²) >= 11 is 0. The van der Waals surface area contributed by atoms with Crippen LogP contribution in [0.15, 0.2) is 48.7 Å². The van der Waals surface area contributed by atoms with Gasteiger partial charge >= 0.3 is 6.03 Å². The molecule has 4 rings (SSSR count). The van der Waals surface area contributed by atoms with Crippen LogP contribution in [0.25, 0.3) is 10.9 Å². The summed E-state index contributed by atoms with van der Waals surface area (Å²) in [6, 6.07) is 13.7. The molecule has 0 aliphatic carbocycles. The maximum absolute atomic E-state index is 13.5. The third-order valence-electron chi connectivity index (χ3n) is 6.56. The summed E-state index contributed by atoms with van der Waals surface area (Å²) in [4.78, 5) is 20.1. The molecule has 6 nitrogen and oxygen atoms in total. The molecule has 2 N–H and O–H groups in total. The number of hydrogen-bond donors (Lipinski definition) is 2. The first-order valence-corrected chi connectivity index (χ1v) is 11.9. The molecule has 0 saturated carbocycles. The van der Waals surface area contributed by atoms with Crippen molar-refractivity contribution in [2.45, 2.75) is 44.9 Å². The van der Waals surface area contributed by atoms with Crippen molar-refractivity contribution in [1.29, 1.82) is 10.7 Å². The van der Waals surface area contributed by atoms with Crippen LogP contribution in [0.1, 0.15) is 56.1 Å². The zero-order valence-corrected chi connectivity index (χ0v) is 19.5. The Balaban J connectivity index is 1.44. The zero-order valence-electron chi connectivity index (χ0n) is 19.5. The second kappa shape index (κ2) is 10.5. The minimum absolute atomic E-state index is 0.0761. The molecular formula is C27H30FN5O. The monoisotopic (exact) mass is 459 g/mol. The highest BCUT2D eigenvalue weighted by atomic mass is 19.1. The maximum atomic E-state index is 13.5. The van der Waals surface area contributed by atoms with E-state index < -0.39 is 0 Å². The van der Waals surface area contributed by atoms with Crippen molar-refractivity contribution < 1.29 is 9.18 Å². The van der Waals surface area contributed by atoms with Crippen molar-refractivity contribution in [3.63, 3.8) is 0 Å². The molecule has 7 heteroatoms. The number of H-pyrrole nitrogens is 1. The summed E-state index contributed by atoms with van der Waals surface area (Å²) in [7, 11) is 0. The summed E-state index contributed by atoms with van der Waals surface area (Å²) in [5.74, 6) is -0.249. The first-order chi connectivity index (χ1) is 16.5. The van der Waals surface area contributed by atoms with Crippen LogP contribution in [0.3, 0.4) is 0 Å². The molecule has 34 heavy (non-hydrogen) atoms. The van der Waals surface area contributed by atoms with E-state index >= 15 is 0 Å². The van der Waals surface area contributed by atoms with Crippen molar-refractivity contribution in [2.75, 3.05) is 24.5 Å². The number of anilines is 1. The number of aromatic nitrogens is 1. The molecule has 1 atom stereocenters. The third-order valence-corrected chi connectivity index (χ3v) is 6.56. The predicted molar refractivity (Wildman–Crippen MR) is 133 cm³/mol. The number of urea groups is 1. The number of amides is 2. The Labute approximate surface area is 199 Å². The van der Waals surface area contributed by atoms with Crippen LogP contribution in [0.5, 0.6) is 0 Å². The Hall–Kier alpha value is -3.66. The molecule has 0 radical (unpaired) electrons. The van der Waals surface area contributed by atoms with Crippen LogP contribution in [0.2, 0.25) is 0 Å². The fourth-order valence-corrected chi connectivity index (χ4v) is 4.66. The van der Waals surface area contributed by atoms with E-state index in [4.69, 9.17) is 5.41 Å². The van der Waals surface area contributed by atoms with Gasteiger partial charge in [-0.1, -0.05) is 6.92 Å². The number of rotatable bonds is 7. The van der Waals surface area contributed by atoms with Crippen molar-refractivity contribution >= 4 is 28.3 Å². The number of nitrogens with zero attached hydrogens (tertiary/aromatic N) is 3. The molecule has 1 aliphatic heterocycles. The first-order valence-electron chi connectivity index (χ1n) is 11.9. The number of nitriles is 1. The lowest BCUT2D eigenvalue weighted by molar-refractivity contribution is 0.193. The lowest BCUT2D eigenvalue weighted by Gasteiger charge is -2.33. The summed E-state index contributed by atoms with van der Waals surface area (Å²) < 4.78 is 13.5. The quantitative estimate of drug-likeness (QED) is 0.412. The van der Waals surface area contributed by atoms with Crippen LogP contribution >= 0.6 is 0 Å². The second-order valence-corrected chi connectivity index (χ2v) is 9.03. The Morgan fingerprint density at radius 2 is 1.94 bits per heavy atom. The number of carbonyl (C=O) groups is 1. The second-order valence-electron chi connectivity index (χ2n) is 9.03. The number of halogens is 1. The highest BCUT2D eigenvalue weighted by Crippen LogP contribution is 2.29. The number of carbonyl (C=O) groups excluding carboxylic acids is 1. The summed E-state index contributed by atoms with van der Waals surface area (Å²) in [6.45, 7) is 3.92. The van der Waals surface area contributed by atoms with Gasteiger partial charge in [-0.05, 0) is 79.6 Å². The molecule has 1 aromatic heterocycles. The molecule has 1 unspecified atom stereocenters. The molecule has 1 saturated heterocycles. The molecule has 0 spiro atoms. The van der Waals surface area contributed by atoms with Crippen LogP contribution < -0.4 is 4.90 Å². The zero-order chi connectivity index (χ0) is 24.1. The first kappa shape index (κ1) is 23.5. The Kier molecular flexibility index (Phi) is 7.27. The van der Waals surface area contributed by atoms with Crippen LogP contribution in [0, 0.1) is 22.6 Å². The molecule has 1 fully saturated rings. The van der Waals surface area contributed by atoms with E-state index in [-0.39, 0.29) is 17.8 Å². The number of fused-ring (bicyclic) bond motifs is 1.